The first-order chi connectivity index (χ1) is 10.9. The summed E-state index contributed by atoms with van der Waals surface area (Å²) in [5, 5.41) is 0.492. The van der Waals surface area contributed by atoms with E-state index in [1.807, 2.05) is 6.92 Å². The van der Waals surface area contributed by atoms with Crippen molar-refractivity contribution in [2.45, 2.75) is 27.3 Å². The second kappa shape index (κ2) is 5.70. The molecule has 1 aromatic carbocycles. The van der Waals surface area contributed by atoms with Crippen LogP contribution in [-0.2, 0) is 11.3 Å². The van der Waals surface area contributed by atoms with Crippen LogP contribution in [0.4, 0.5) is 4.39 Å². The van der Waals surface area contributed by atoms with Gasteiger partial charge in [-0.25, -0.2) is 9.37 Å². The number of hydrogen-bond donors (Lipinski definition) is 0. The number of carbonyl (C=O) groups is 1. The molecule has 0 radical (unpaired) electrons. The molecular formula is C17H15FN2O2S. The van der Waals surface area contributed by atoms with Gasteiger partial charge in [0.2, 0.25) is 0 Å². The fourth-order valence-electron chi connectivity index (χ4n) is 2.67. The Balaban J connectivity index is 2.34. The molecule has 3 aromatic rings. The number of benzene rings is 1. The van der Waals surface area contributed by atoms with E-state index in [9.17, 15) is 14.0 Å². The SMILES string of the molecule is CC(=O)Cn1c(C)nc2sc(C)c(-c3ccc(F)cc3)c2c1=O. The Morgan fingerprint density at radius 3 is 2.52 bits per heavy atom. The van der Waals surface area contributed by atoms with E-state index in [1.165, 1.54) is 35.0 Å². The van der Waals surface area contributed by atoms with E-state index in [4.69, 9.17) is 0 Å². The van der Waals surface area contributed by atoms with Crippen LogP contribution in [0.15, 0.2) is 29.1 Å². The lowest BCUT2D eigenvalue weighted by Gasteiger charge is -2.08. The Hall–Kier alpha value is -2.34. The highest BCUT2D eigenvalue weighted by atomic mass is 32.1. The highest BCUT2D eigenvalue weighted by Gasteiger charge is 2.19. The monoisotopic (exact) mass is 330 g/mol. The third-order valence-corrected chi connectivity index (χ3v) is 4.69. The molecule has 0 aliphatic heterocycles. The van der Waals surface area contributed by atoms with E-state index in [0.29, 0.717) is 16.0 Å². The van der Waals surface area contributed by atoms with E-state index in [-0.39, 0.29) is 23.7 Å². The zero-order chi connectivity index (χ0) is 16.7. The standard InChI is InChI=1S/C17H15FN2O2S/c1-9(21)8-20-11(3)19-16-15(17(20)22)14(10(2)23-16)12-4-6-13(18)7-5-12/h4-7H,8H2,1-3H3. The van der Waals surface area contributed by atoms with Crippen molar-refractivity contribution in [2.24, 2.45) is 0 Å². The van der Waals surface area contributed by atoms with E-state index in [1.54, 1.807) is 19.1 Å². The maximum atomic E-state index is 13.2. The molecule has 0 unspecified atom stereocenters. The van der Waals surface area contributed by atoms with Crippen molar-refractivity contribution in [3.63, 3.8) is 0 Å². The van der Waals surface area contributed by atoms with Gasteiger partial charge in [-0.05, 0) is 38.5 Å². The molecule has 6 heteroatoms. The van der Waals surface area contributed by atoms with Crippen molar-refractivity contribution in [3.8, 4) is 11.1 Å². The summed E-state index contributed by atoms with van der Waals surface area (Å²) >= 11 is 1.43. The predicted molar refractivity (Wildman–Crippen MR) is 89.4 cm³/mol. The van der Waals surface area contributed by atoms with Crippen molar-refractivity contribution in [1.82, 2.24) is 9.55 Å². The average Bonchev–Trinajstić information content (AvgIpc) is 2.80. The van der Waals surface area contributed by atoms with Gasteiger partial charge in [-0.3, -0.25) is 14.2 Å². The highest BCUT2D eigenvalue weighted by Crippen LogP contribution is 2.35. The van der Waals surface area contributed by atoms with Gasteiger partial charge in [-0.1, -0.05) is 12.1 Å². The lowest BCUT2D eigenvalue weighted by atomic mass is 10.0. The molecule has 0 N–H and O–H groups in total. The molecule has 0 bridgehead atoms. The summed E-state index contributed by atoms with van der Waals surface area (Å²) in [5.41, 5.74) is 1.30. The van der Waals surface area contributed by atoms with Crippen LogP contribution in [0.1, 0.15) is 17.6 Å². The van der Waals surface area contributed by atoms with Gasteiger partial charge < -0.3 is 0 Å². The number of nitrogens with zero attached hydrogens (tertiary/aromatic N) is 2. The lowest BCUT2D eigenvalue weighted by molar-refractivity contribution is -0.117. The molecule has 3 rings (SSSR count). The summed E-state index contributed by atoms with van der Waals surface area (Å²) < 4.78 is 14.6. The van der Waals surface area contributed by atoms with Gasteiger partial charge >= 0.3 is 0 Å². The molecule has 0 amide bonds. The first kappa shape index (κ1) is 15.6. The molecule has 4 nitrogen and oxygen atoms in total. The topological polar surface area (TPSA) is 52.0 Å². The molecular weight excluding hydrogens is 315 g/mol. The predicted octanol–water partition coefficient (Wildman–Crippen LogP) is 3.47. The Labute approximate surface area is 136 Å². The van der Waals surface area contributed by atoms with Crippen molar-refractivity contribution in [2.75, 3.05) is 0 Å². The van der Waals surface area contributed by atoms with Crippen LogP contribution in [-0.4, -0.2) is 15.3 Å². The molecule has 0 spiro atoms. The largest absolute Gasteiger partial charge is 0.298 e. The average molecular weight is 330 g/mol. The minimum Gasteiger partial charge on any atom is -0.298 e. The van der Waals surface area contributed by atoms with Gasteiger partial charge in [0.25, 0.3) is 5.56 Å². The normalized spacial score (nSPS) is 11.1. The molecule has 0 aliphatic rings. The molecule has 2 aromatic heterocycles. The van der Waals surface area contributed by atoms with Gasteiger partial charge in [-0.2, -0.15) is 0 Å². The third-order valence-electron chi connectivity index (χ3n) is 3.69. The van der Waals surface area contributed by atoms with Gasteiger partial charge in [0, 0.05) is 10.4 Å². The first-order valence-electron chi connectivity index (χ1n) is 7.14. The molecule has 0 atom stereocenters. The third kappa shape index (κ3) is 2.70. The van der Waals surface area contributed by atoms with Crippen LogP contribution in [0.25, 0.3) is 21.3 Å². The van der Waals surface area contributed by atoms with E-state index in [2.05, 4.69) is 4.98 Å². The van der Waals surface area contributed by atoms with E-state index in [0.717, 1.165) is 16.0 Å². The van der Waals surface area contributed by atoms with Crippen LogP contribution >= 0.6 is 11.3 Å². The van der Waals surface area contributed by atoms with Crippen LogP contribution < -0.4 is 5.56 Å². The summed E-state index contributed by atoms with van der Waals surface area (Å²) in [4.78, 5) is 30.3. The number of carbonyl (C=O) groups excluding carboxylic acids is 1. The lowest BCUT2D eigenvalue weighted by Crippen LogP contribution is -2.26. The van der Waals surface area contributed by atoms with Crippen LogP contribution in [0.5, 0.6) is 0 Å². The Morgan fingerprint density at radius 2 is 1.91 bits per heavy atom. The summed E-state index contributed by atoms with van der Waals surface area (Å²) in [7, 11) is 0. The molecule has 0 saturated carbocycles. The zero-order valence-corrected chi connectivity index (χ0v) is 13.8. The minimum absolute atomic E-state index is 0.00532. The van der Waals surface area contributed by atoms with Gasteiger partial charge in [-0.15, -0.1) is 11.3 Å². The van der Waals surface area contributed by atoms with E-state index < -0.39 is 0 Å². The number of hydrogen-bond acceptors (Lipinski definition) is 4. The zero-order valence-electron chi connectivity index (χ0n) is 13.0. The Kier molecular flexibility index (Phi) is 3.85. The summed E-state index contributed by atoms with van der Waals surface area (Å²) in [6.07, 6.45) is 0. The molecule has 0 fully saturated rings. The second-order valence-corrected chi connectivity index (χ2v) is 6.68. The van der Waals surface area contributed by atoms with Crippen molar-refractivity contribution in [3.05, 3.63) is 51.1 Å². The smallest absolute Gasteiger partial charge is 0.263 e. The van der Waals surface area contributed by atoms with Gasteiger partial charge in [0.15, 0.2) is 0 Å². The fourth-order valence-corrected chi connectivity index (χ4v) is 3.75. The summed E-state index contributed by atoms with van der Waals surface area (Å²) in [6, 6.07) is 6.04. The Morgan fingerprint density at radius 1 is 1.26 bits per heavy atom. The number of aromatic nitrogens is 2. The number of Topliss-reactive ketones (excluding diaryl/α,β-unsaturated/α-hetero) is 1. The number of rotatable bonds is 3. The molecule has 0 saturated heterocycles. The maximum absolute atomic E-state index is 13.2. The fraction of sp³-hybridized carbons (Fsp3) is 0.235. The number of thiophene rings is 1. The molecule has 2 heterocycles. The minimum atomic E-state index is -0.325. The summed E-state index contributed by atoms with van der Waals surface area (Å²) in [5.74, 6) is 0.0881. The number of aryl methyl sites for hydroxylation is 2. The summed E-state index contributed by atoms with van der Waals surface area (Å²) in [6.45, 7) is 5.08. The molecule has 118 valence electrons. The number of fused-ring (bicyclic) bond motifs is 1. The van der Waals surface area contributed by atoms with Crippen molar-refractivity contribution in [1.29, 1.82) is 0 Å². The Bertz CT molecular complexity index is 971. The maximum Gasteiger partial charge on any atom is 0.263 e. The second-order valence-electron chi connectivity index (χ2n) is 5.47. The molecule has 0 aliphatic carbocycles. The first-order valence-corrected chi connectivity index (χ1v) is 7.96. The highest BCUT2D eigenvalue weighted by molar-refractivity contribution is 7.19. The van der Waals surface area contributed by atoms with Crippen LogP contribution in [0, 0.1) is 19.7 Å². The van der Waals surface area contributed by atoms with Gasteiger partial charge in [0.05, 0.1) is 11.9 Å². The van der Waals surface area contributed by atoms with Gasteiger partial charge in [0.1, 0.15) is 22.3 Å². The van der Waals surface area contributed by atoms with E-state index >= 15 is 0 Å². The molecule has 23 heavy (non-hydrogen) atoms. The van der Waals surface area contributed by atoms with Crippen molar-refractivity contribution < 1.29 is 9.18 Å². The van der Waals surface area contributed by atoms with Crippen LogP contribution in [0.3, 0.4) is 0 Å². The van der Waals surface area contributed by atoms with Crippen LogP contribution in [0.2, 0.25) is 0 Å². The van der Waals surface area contributed by atoms with Crippen molar-refractivity contribution >= 4 is 27.3 Å². The quantitative estimate of drug-likeness (QED) is 0.739. The number of ketones is 1. The number of halogens is 1.